The lowest BCUT2D eigenvalue weighted by atomic mass is 9.67. The number of benzene rings is 1. The van der Waals surface area contributed by atoms with Crippen molar-refractivity contribution < 1.29 is 4.74 Å². The van der Waals surface area contributed by atoms with E-state index in [2.05, 4.69) is 42.5 Å². The molecule has 1 saturated carbocycles. The molecule has 0 bridgehead atoms. The number of halogens is 1. The summed E-state index contributed by atoms with van der Waals surface area (Å²) in [6.07, 6.45) is 8.25. The van der Waals surface area contributed by atoms with Crippen LogP contribution < -0.4 is 10.1 Å². The molecule has 0 spiro atoms. The Kier molecular flexibility index (Phi) is 5.99. The minimum absolute atomic E-state index is 0.0604. The van der Waals surface area contributed by atoms with Crippen molar-refractivity contribution in [1.82, 2.24) is 29.7 Å². The monoisotopic (exact) mass is 501 g/mol. The summed E-state index contributed by atoms with van der Waals surface area (Å²) in [5.41, 5.74) is 4.18. The summed E-state index contributed by atoms with van der Waals surface area (Å²) in [7, 11) is 1.63. The molecule has 1 aliphatic carbocycles. The minimum Gasteiger partial charge on any atom is -0.496 e. The van der Waals surface area contributed by atoms with E-state index in [4.69, 9.17) is 16.3 Å². The van der Waals surface area contributed by atoms with Gasteiger partial charge in [0.15, 0.2) is 11.5 Å². The zero-order valence-electron chi connectivity index (χ0n) is 20.1. The second-order valence-corrected chi connectivity index (χ2v) is 9.54. The lowest BCUT2D eigenvalue weighted by Gasteiger charge is -2.43. The maximum absolute atomic E-state index is 9.41. The van der Waals surface area contributed by atoms with E-state index in [-0.39, 0.29) is 12.0 Å². The molecule has 36 heavy (non-hydrogen) atoms. The number of hydrogen-bond acceptors (Lipinski definition) is 8. The normalized spacial score (nSPS) is 19.8. The van der Waals surface area contributed by atoms with Crippen LogP contribution in [0, 0.1) is 35.5 Å². The molecule has 3 aromatic heterocycles. The zero-order chi connectivity index (χ0) is 25.4. The number of H-pyrrole nitrogens is 1. The summed E-state index contributed by atoms with van der Waals surface area (Å²) in [5, 5.41) is 27.3. The van der Waals surface area contributed by atoms with E-state index in [0.717, 1.165) is 22.3 Å². The van der Waals surface area contributed by atoms with Gasteiger partial charge in [-0.3, -0.25) is 4.68 Å². The second-order valence-electron chi connectivity index (χ2n) is 9.14. The molecule has 0 amide bonds. The van der Waals surface area contributed by atoms with Crippen LogP contribution in [0.3, 0.4) is 0 Å². The third kappa shape index (κ3) is 3.80. The minimum atomic E-state index is -0.466. The first kappa shape index (κ1) is 23.6. The van der Waals surface area contributed by atoms with Gasteiger partial charge in [-0.25, -0.2) is 15.0 Å². The number of rotatable bonds is 7. The molecule has 1 aromatic carbocycles. The van der Waals surface area contributed by atoms with Gasteiger partial charge >= 0.3 is 0 Å². The van der Waals surface area contributed by atoms with Crippen molar-refractivity contribution in [1.29, 1.82) is 10.5 Å². The van der Waals surface area contributed by atoms with Crippen LogP contribution in [0.2, 0.25) is 5.02 Å². The third-order valence-corrected chi connectivity index (χ3v) is 7.34. The van der Waals surface area contributed by atoms with E-state index in [9.17, 15) is 10.5 Å². The summed E-state index contributed by atoms with van der Waals surface area (Å²) >= 11 is 6.71. The molecule has 2 N–H and O–H groups in total. The molecule has 4 aromatic rings. The van der Waals surface area contributed by atoms with Crippen molar-refractivity contribution in [2.24, 2.45) is 5.92 Å². The Morgan fingerprint density at radius 1 is 1.33 bits per heavy atom. The molecule has 10 nitrogen and oxygen atoms in total. The first-order chi connectivity index (χ1) is 17.4. The number of imidazole rings is 1. The van der Waals surface area contributed by atoms with Crippen molar-refractivity contribution >= 4 is 28.6 Å². The van der Waals surface area contributed by atoms with Crippen LogP contribution >= 0.6 is 11.6 Å². The number of anilines is 1. The predicted molar refractivity (Wildman–Crippen MR) is 134 cm³/mol. The van der Waals surface area contributed by atoms with Crippen LogP contribution in [0.5, 0.6) is 5.75 Å². The smallest absolute Gasteiger partial charge is 0.162 e. The Balaban J connectivity index is 1.54. The van der Waals surface area contributed by atoms with Crippen LogP contribution in [0.1, 0.15) is 43.4 Å². The van der Waals surface area contributed by atoms with E-state index in [1.165, 1.54) is 6.33 Å². The van der Waals surface area contributed by atoms with E-state index in [1.54, 1.807) is 19.6 Å². The van der Waals surface area contributed by atoms with Gasteiger partial charge in [-0.2, -0.15) is 15.6 Å². The molecule has 5 rings (SSSR count). The van der Waals surface area contributed by atoms with Crippen molar-refractivity contribution in [3.8, 4) is 29.0 Å². The number of nitriles is 2. The Morgan fingerprint density at radius 2 is 2.14 bits per heavy atom. The first-order valence-electron chi connectivity index (χ1n) is 11.5. The van der Waals surface area contributed by atoms with Gasteiger partial charge in [0.1, 0.15) is 17.6 Å². The largest absolute Gasteiger partial charge is 0.496 e. The standard InChI is InChI=1S/C25H24ClN9O/c1-14-19(26)6-18(15(2)34-24-21-23(30-12-29-21)31-13-32-24)22(36-3)20(14)17-10-33-35(11-17)25(4-5-27)7-16(8-25)9-28/h6,10-13,15-16H,4,7-8H2,1-3H3,(H2,29,30,31,32,34). The fraction of sp³-hybridized carbons (Fsp3) is 0.360. The molecule has 1 aliphatic rings. The zero-order valence-corrected chi connectivity index (χ0v) is 20.8. The van der Waals surface area contributed by atoms with Crippen molar-refractivity contribution in [3.63, 3.8) is 0 Å². The predicted octanol–water partition coefficient (Wildman–Crippen LogP) is 4.90. The van der Waals surface area contributed by atoms with Crippen LogP contribution in [-0.4, -0.2) is 36.8 Å². The van der Waals surface area contributed by atoms with Crippen LogP contribution in [0.25, 0.3) is 22.3 Å². The SMILES string of the molecule is COc1c(C(C)Nc2ncnc3[nH]cnc23)cc(Cl)c(C)c1-c1cnn(C2(CC#N)CC(C#N)C2)c1. The van der Waals surface area contributed by atoms with Crippen molar-refractivity contribution in [3.05, 3.63) is 47.3 Å². The van der Waals surface area contributed by atoms with Gasteiger partial charge in [0, 0.05) is 27.9 Å². The molecule has 1 atom stereocenters. The fourth-order valence-corrected chi connectivity index (χ4v) is 5.22. The lowest BCUT2D eigenvalue weighted by molar-refractivity contribution is 0.0882. The molecule has 1 unspecified atom stereocenters. The van der Waals surface area contributed by atoms with E-state index in [1.807, 2.05) is 30.8 Å². The second kappa shape index (κ2) is 9.14. The van der Waals surface area contributed by atoms with Crippen LogP contribution in [0.15, 0.2) is 31.1 Å². The van der Waals surface area contributed by atoms with E-state index in [0.29, 0.717) is 47.0 Å². The summed E-state index contributed by atoms with van der Waals surface area (Å²) in [4.78, 5) is 15.8. The summed E-state index contributed by atoms with van der Waals surface area (Å²) in [5.74, 6) is 1.20. The van der Waals surface area contributed by atoms with Gasteiger partial charge in [0.05, 0.1) is 55.7 Å². The lowest BCUT2D eigenvalue weighted by Crippen LogP contribution is -2.46. The summed E-state index contributed by atoms with van der Waals surface area (Å²) in [6.45, 7) is 3.94. The van der Waals surface area contributed by atoms with E-state index < -0.39 is 5.54 Å². The number of nitrogens with one attached hydrogen (secondary N) is 2. The van der Waals surface area contributed by atoms with Gasteiger partial charge in [0.2, 0.25) is 0 Å². The molecular formula is C25H24ClN9O. The van der Waals surface area contributed by atoms with Crippen LogP contribution in [-0.2, 0) is 5.54 Å². The quantitative estimate of drug-likeness (QED) is 0.364. The van der Waals surface area contributed by atoms with Gasteiger partial charge in [-0.15, -0.1) is 0 Å². The van der Waals surface area contributed by atoms with Crippen LogP contribution in [0.4, 0.5) is 5.82 Å². The number of methoxy groups -OCH3 is 1. The summed E-state index contributed by atoms with van der Waals surface area (Å²) < 4.78 is 7.76. The number of ether oxygens (including phenoxy) is 1. The topological polar surface area (TPSA) is 141 Å². The van der Waals surface area contributed by atoms with Gasteiger partial charge in [-0.05, 0) is 38.3 Å². The summed E-state index contributed by atoms with van der Waals surface area (Å²) in [6, 6.07) is 6.22. The highest BCUT2D eigenvalue weighted by molar-refractivity contribution is 6.32. The number of aromatic amines is 1. The molecule has 0 aliphatic heterocycles. The van der Waals surface area contributed by atoms with Gasteiger partial charge < -0.3 is 15.0 Å². The average molecular weight is 502 g/mol. The van der Waals surface area contributed by atoms with Gasteiger partial charge in [0.25, 0.3) is 0 Å². The molecule has 1 fully saturated rings. The molecule has 0 saturated heterocycles. The van der Waals surface area contributed by atoms with Crippen molar-refractivity contribution in [2.75, 3.05) is 12.4 Å². The third-order valence-electron chi connectivity index (χ3n) is 6.95. The Labute approximate surface area is 212 Å². The number of fused-ring (bicyclic) bond motifs is 1. The number of aromatic nitrogens is 6. The molecule has 3 heterocycles. The Hall–Kier alpha value is -4.15. The molecular weight excluding hydrogens is 478 g/mol. The molecule has 182 valence electrons. The Morgan fingerprint density at radius 3 is 2.86 bits per heavy atom. The van der Waals surface area contributed by atoms with Crippen molar-refractivity contribution in [2.45, 2.75) is 44.7 Å². The van der Waals surface area contributed by atoms with Gasteiger partial charge in [-0.1, -0.05) is 11.6 Å². The number of nitrogens with zero attached hydrogens (tertiary/aromatic N) is 7. The average Bonchev–Trinajstić information content (AvgIpc) is 3.53. The van der Waals surface area contributed by atoms with E-state index >= 15 is 0 Å². The Bertz CT molecular complexity index is 1520. The highest BCUT2D eigenvalue weighted by atomic mass is 35.5. The molecule has 0 radical (unpaired) electrons. The maximum Gasteiger partial charge on any atom is 0.162 e. The first-order valence-corrected chi connectivity index (χ1v) is 11.9. The maximum atomic E-state index is 9.41. The molecule has 11 heteroatoms. The number of hydrogen-bond donors (Lipinski definition) is 2. The highest BCUT2D eigenvalue weighted by Gasteiger charge is 2.46. The fourth-order valence-electron chi connectivity index (χ4n) is 5.01. The highest BCUT2D eigenvalue weighted by Crippen LogP contribution is 2.48.